The smallest absolute Gasteiger partial charge is 0.274 e. The molecule has 0 amide bonds. The van der Waals surface area contributed by atoms with E-state index in [4.69, 9.17) is 11.6 Å². The molecule has 0 saturated carbocycles. The van der Waals surface area contributed by atoms with Gasteiger partial charge in [-0.1, -0.05) is 33.6 Å². The van der Waals surface area contributed by atoms with Crippen LogP contribution in [0.1, 0.15) is 11.1 Å². The van der Waals surface area contributed by atoms with Crippen LogP contribution in [-0.4, -0.2) is 4.92 Å². The Morgan fingerprint density at radius 3 is 2.75 bits per heavy atom. The van der Waals surface area contributed by atoms with Crippen LogP contribution in [0.3, 0.4) is 0 Å². The second-order valence-corrected chi connectivity index (χ2v) is 5.69. The highest BCUT2D eigenvalue weighted by molar-refractivity contribution is 9.10. The Balaban J connectivity index is 2.24. The van der Waals surface area contributed by atoms with Gasteiger partial charge in [0.2, 0.25) is 0 Å². The maximum absolute atomic E-state index is 11.0. The van der Waals surface area contributed by atoms with Crippen molar-refractivity contribution in [2.45, 2.75) is 13.5 Å². The highest BCUT2D eigenvalue weighted by Gasteiger charge is 2.13. The molecule has 2 aromatic rings. The third-order valence-corrected chi connectivity index (χ3v) is 3.65. The molecular weight excluding hydrogens is 344 g/mol. The summed E-state index contributed by atoms with van der Waals surface area (Å²) in [6, 6.07) is 10.5. The maximum atomic E-state index is 11.0. The molecule has 0 aliphatic carbocycles. The predicted octanol–water partition coefficient (Wildman–Crippen LogP) is 4.93. The lowest BCUT2D eigenvalue weighted by Crippen LogP contribution is -2.03. The molecule has 20 heavy (non-hydrogen) atoms. The SMILES string of the molecule is Cc1ccc(Cl)c(NCc2cc(Br)ccc2[N+](=O)[O-])c1. The van der Waals surface area contributed by atoms with E-state index in [-0.39, 0.29) is 10.6 Å². The number of halogens is 2. The van der Waals surface area contributed by atoms with Gasteiger partial charge in [0, 0.05) is 22.6 Å². The largest absolute Gasteiger partial charge is 0.379 e. The molecule has 1 N–H and O–H groups in total. The summed E-state index contributed by atoms with van der Waals surface area (Å²) in [5.41, 5.74) is 2.52. The molecule has 0 unspecified atom stereocenters. The molecule has 0 saturated heterocycles. The highest BCUT2D eigenvalue weighted by atomic mass is 79.9. The van der Waals surface area contributed by atoms with Crippen LogP contribution in [0, 0.1) is 17.0 Å². The summed E-state index contributed by atoms with van der Waals surface area (Å²) in [5.74, 6) is 0. The van der Waals surface area contributed by atoms with Gasteiger partial charge in [0.15, 0.2) is 0 Å². The maximum Gasteiger partial charge on any atom is 0.274 e. The number of nitrogens with zero attached hydrogens (tertiary/aromatic N) is 1. The average Bonchev–Trinajstić information content (AvgIpc) is 2.39. The van der Waals surface area contributed by atoms with E-state index >= 15 is 0 Å². The fourth-order valence-electron chi connectivity index (χ4n) is 1.84. The molecule has 0 aliphatic heterocycles. The number of rotatable bonds is 4. The van der Waals surface area contributed by atoms with Crippen LogP contribution in [0.2, 0.25) is 5.02 Å². The Morgan fingerprint density at radius 1 is 1.30 bits per heavy atom. The van der Waals surface area contributed by atoms with Crippen LogP contribution in [0.15, 0.2) is 40.9 Å². The van der Waals surface area contributed by atoms with E-state index in [1.807, 2.05) is 19.1 Å². The van der Waals surface area contributed by atoms with Crippen molar-refractivity contribution >= 4 is 38.9 Å². The minimum Gasteiger partial charge on any atom is -0.379 e. The standard InChI is InChI=1S/C14H12BrClN2O2/c1-9-2-4-12(16)13(6-9)17-8-10-7-11(15)3-5-14(10)18(19)20/h2-7,17H,8H2,1H3. The van der Waals surface area contributed by atoms with Gasteiger partial charge < -0.3 is 5.32 Å². The van der Waals surface area contributed by atoms with Crippen molar-refractivity contribution in [3.05, 3.63) is 67.1 Å². The van der Waals surface area contributed by atoms with Gasteiger partial charge in [-0.2, -0.15) is 0 Å². The molecular formula is C14H12BrClN2O2. The van der Waals surface area contributed by atoms with Crippen molar-refractivity contribution in [2.24, 2.45) is 0 Å². The third kappa shape index (κ3) is 3.49. The Bertz CT molecular complexity index is 662. The summed E-state index contributed by atoms with van der Waals surface area (Å²) in [7, 11) is 0. The van der Waals surface area contributed by atoms with Gasteiger partial charge in [-0.15, -0.1) is 0 Å². The summed E-state index contributed by atoms with van der Waals surface area (Å²) >= 11 is 9.41. The number of nitro benzene ring substituents is 1. The second kappa shape index (κ2) is 6.24. The summed E-state index contributed by atoms with van der Waals surface area (Å²) in [4.78, 5) is 10.6. The zero-order valence-electron chi connectivity index (χ0n) is 10.7. The number of aryl methyl sites for hydroxylation is 1. The lowest BCUT2D eigenvalue weighted by molar-refractivity contribution is -0.385. The van der Waals surface area contributed by atoms with Crippen LogP contribution < -0.4 is 5.32 Å². The van der Waals surface area contributed by atoms with Crippen LogP contribution in [0.4, 0.5) is 11.4 Å². The molecule has 0 bridgehead atoms. The first-order chi connectivity index (χ1) is 9.47. The van der Waals surface area contributed by atoms with Gasteiger partial charge in [0.05, 0.1) is 15.6 Å². The molecule has 0 fully saturated rings. The van der Waals surface area contributed by atoms with Gasteiger partial charge in [-0.25, -0.2) is 0 Å². The lowest BCUT2D eigenvalue weighted by Gasteiger charge is -2.10. The van der Waals surface area contributed by atoms with E-state index in [2.05, 4.69) is 21.2 Å². The van der Waals surface area contributed by atoms with Gasteiger partial charge >= 0.3 is 0 Å². The van der Waals surface area contributed by atoms with Crippen molar-refractivity contribution in [3.8, 4) is 0 Å². The molecule has 2 aromatic carbocycles. The van der Waals surface area contributed by atoms with Crippen molar-refractivity contribution < 1.29 is 4.92 Å². The first kappa shape index (κ1) is 14.8. The zero-order valence-corrected chi connectivity index (χ0v) is 13.0. The van der Waals surface area contributed by atoms with Crippen LogP contribution >= 0.6 is 27.5 Å². The van der Waals surface area contributed by atoms with E-state index in [1.54, 1.807) is 18.2 Å². The van der Waals surface area contributed by atoms with Crippen molar-refractivity contribution in [2.75, 3.05) is 5.32 Å². The normalized spacial score (nSPS) is 10.3. The molecule has 0 aliphatic rings. The van der Waals surface area contributed by atoms with Crippen LogP contribution in [-0.2, 0) is 6.54 Å². The van der Waals surface area contributed by atoms with E-state index < -0.39 is 0 Å². The van der Waals surface area contributed by atoms with Gasteiger partial charge in [-0.05, 0) is 36.8 Å². The molecule has 0 heterocycles. The fraction of sp³-hybridized carbons (Fsp3) is 0.143. The van der Waals surface area contributed by atoms with E-state index in [9.17, 15) is 10.1 Å². The van der Waals surface area contributed by atoms with Crippen LogP contribution in [0.5, 0.6) is 0 Å². The Hall–Kier alpha value is -1.59. The van der Waals surface area contributed by atoms with E-state index in [0.717, 1.165) is 15.7 Å². The fourth-order valence-corrected chi connectivity index (χ4v) is 2.43. The lowest BCUT2D eigenvalue weighted by atomic mass is 10.1. The number of hydrogen-bond donors (Lipinski definition) is 1. The van der Waals surface area contributed by atoms with E-state index in [0.29, 0.717) is 17.1 Å². The Kier molecular flexibility index (Phi) is 4.62. The molecule has 104 valence electrons. The summed E-state index contributed by atoms with van der Waals surface area (Å²) in [6.45, 7) is 2.29. The first-order valence-corrected chi connectivity index (χ1v) is 7.07. The number of nitrogens with one attached hydrogen (secondary N) is 1. The van der Waals surface area contributed by atoms with Gasteiger partial charge in [0.25, 0.3) is 5.69 Å². The first-order valence-electron chi connectivity index (χ1n) is 5.90. The number of hydrogen-bond acceptors (Lipinski definition) is 3. The average molecular weight is 356 g/mol. The molecule has 0 spiro atoms. The van der Waals surface area contributed by atoms with Crippen molar-refractivity contribution in [3.63, 3.8) is 0 Å². The molecule has 0 aromatic heterocycles. The van der Waals surface area contributed by atoms with Gasteiger partial charge in [0.1, 0.15) is 0 Å². The highest BCUT2D eigenvalue weighted by Crippen LogP contribution is 2.27. The zero-order chi connectivity index (χ0) is 14.7. The minimum absolute atomic E-state index is 0.0875. The molecule has 6 heteroatoms. The predicted molar refractivity (Wildman–Crippen MR) is 84.3 cm³/mol. The number of anilines is 1. The molecule has 2 rings (SSSR count). The minimum atomic E-state index is -0.388. The monoisotopic (exact) mass is 354 g/mol. The third-order valence-electron chi connectivity index (χ3n) is 2.83. The number of benzene rings is 2. The van der Waals surface area contributed by atoms with Crippen LogP contribution in [0.25, 0.3) is 0 Å². The van der Waals surface area contributed by atoms with Gasteiger partial charge in [-0.3, -0.25) is 10.1 Å². The quantitative estimate of drug-likeness (QED) is 0.625. The van der Waals surface area contributed by atoms with Crippen molar-refractivity contribution in [1.29, 1.82) is 0 Å². The molecule has 0 atom stereocenters. The topological polar surface area (TPSA) is 55.2 Å². The molecule has 4 nitrogen and oxygen atoms in total. The van der Waals surface area contributed by atoms with Crippen molar-refractivity contribution in [1.82, 2.24) is 0 Å². The summed E-state index contributed by atoms with van der Waals surface area (Å²) in [6.07, 6.45) is 0. The summed E-state index contributed by atoms with van der Waals surface area (Å²) < 4.78 is 0.801. The Labute approximate surface area is 130 Å². The Morgan fingerprint density at radius 2 is 2.05 bits per heavy atom. The summed E-state index contributed by atoms with van der Waals surface area (Å²) in [5, 5.41) is 14.7. The molecule has 0 radical (unpaired) electrons. The van der Waals surface area contributed by atoms with E-state index in [1.165, 1.54) is 6.07 Å². The second-order valence-electron chi connectivity index (χ2n) is 4.37. The number of nitro groups is 1.